The van der Waals surface area contributed by atoms with Gasteiger partial charge in [-0.1, -0.05) is 0 Å². The number of hydrogen-bond acceptors (Lipinski definition) is 11. The maximum atomic E-state index is 9.44. The molecule has 2 bridgehead atoms. The summed E-state index contributed by atoms with van der Waals surface area (Å²) in [4.78, 5) is 23.1. The molecule has 3 N–H and O–H groups in total. The average Bonchev–Trinajstić information content (AvgIpc) is 3.53. The SMILES string of the molecule is Cc1cc(Nc2cc3nc(-c4cnn(C)c4C#N)sc3cn2)nc(N2C[C@]3(N)C[C@H]2CN3C)n1. The quantitative estimate of drug-likeness (QED) is 0.452. The van der Waals surface area contributed by atoms with Gasteiger partial charge in [-0.3, -0.25) is 9.58 Å². The maximum Gasteiger partial charge on any atom is 0.227 e. The van der Waals surface area contributed by atoms with Crippen molar-refractivity contribution in [2.24, 2.45) is 12.8 Å². The number of nitrogens with one attached hydrogen (secondary N) is 1. The van der Waals surface area contributed by atoms with Gasteiger partial charge in [0.2, 0.25) is 5.95 Å². The van der Waals surface area contributed by atoms with Gasteiger partial charge in [0, 0.05) is 50.1 Å². The standard InChI is InChI=1S/C22H23N11S/c1-12-4-19(30-21(27-12)33-11-22(24)6-13(33)10-31(22)2)29-18-5-15-17(9-25-18)34-20(28-15)14-8-26-32(3)16(14)7-23/h4-5,8-9,13H,6,10-11,24H2,1-3H3,(H,25,27,29,30)/t13-,22-/m0/s1. The summed E-state index contributed by atoms with van der Waals surface area (Å²) in [5.41, 5.74) is 9.11. The molecule has 2 aliphatic rings. The Balaban J connectivity index is 1.28. The number of piperazine rings is 1. The predicted molar refractivity (Wildman–Crippen MR) is 130 cm³/mol. The van der Waals surface area contributed by atoms with E-state index >= 15 is 0 Å². The molecular weight excluding hydrogens is 450 g/mol. The van der Waals surface area contributed by atoms with Crippen molar-refractivity contribution in [2.75, 3.05) is 30.4 Å². The van der Waals surface area contributed by atoms with Crippen LogP contribution in [-0.2, 0) is 7.05 Å². The highest BCUT2D eigenvalue weighted by molar-refractivity contribution is 7.21. The highest BCUT2D eigenvalue weighted by Gasteiger charge is 2.51. The van der Waals surface area contributed by atoms with Gasteiger partial charge in [0.25, 0.3) is 0 Å². The molecule has 0 spiro atoms. The first-order chi connectivity index (χ1) is 16.3. The number of likely N-dealkylation sites (tertiary alicyclic amines) is 1. The van der Waals surface area contributed by atoms with Crippen LogP contribution >= 0.6 is 11.3 Å². The number of pyridine rings is 1. The molecule has 2 atom stereocenters. The molecule has 2 fully saturated rings. The van der Waals surface area contributed by atoms with E-state index in [0.717, 1.165) is 39.4 Å². The van der Waals surface area contributed by atoms with Gasteiger partial charge in [0.1, 0.15) is 28.4 Å². The minimum absolute atomic E-state index is 0.318. The van der Waals surface area contributed by atoms with Crippen molar-refractivity contribution in [3.63, 3.8) is 0 Å². The molecule has 0 aliphatic carbocycles. The molecule has 0 amide bonds. The van der Waals surface area contributed by atoms with Crippen molar-refractivity contribution >= 4 is 39.1 Å². The third kappa shape index (κ3) is 3.28. The second kappa shape index (κ2) is 7.42. The number of nitrogens with zero attached hydrogens (tertiary/aromatic N) is 9. The van der Waals surface area contributed by atoms with Crippen molar-refractivity contribution in [3.8, 4) is 16.6 Å². The van der Waals surface area contributed by atoms with E-state index in [1.807, 2.05) is 19.1 Å². The summed E-state index contributed by atoms with van der Waals surface area (Å²) in [6.45, 7) is 3.58. The normalized spacial score (nSPS) is 22.0. The highest BCUT2D eigenvalue weighted by Crippen LogP contribution is 2.37. The van der Waals surface area contributed by atoms with Crippen LogP contribution in [0.2, 0.25) is 0 Å². The van der Waals surface area contributed by atoms with Crippen LogP contribution in [0.5, 0.6) is 0 Å². The summed E-state index contributed by atoms with van der Waals surface area (Å²) >= 11 is 1.48. The molecule has 0 aromatic carbocycles. The summed E-state index contributed by atoms with van der Waals surface area (Å²) in [6, 6.07) is 6.29. The van der Waals surface area contributed by atoms with E-state index in [0.29, 0.717) is 35.9 Å². The minimum Gasteiger partial charge on any atom is -0.333 e. The molecular formula is C22H23N11S. The number of thiazole rings is 1. The fraction of sp³-hybridized carbons (Fsp3) is 0.364. The van der Waals surface area contributed by atoms with Gasteiger partial charge in [-0.25, -0.2) is 15.0 Å². The molecule has 4 aromatic heterocycles. The van der Waals surface area contributed by atoms with Gasteiger partial charge in [0.15, 0.2) is 0 Å². The first kappa shape index (κ1) is 20.9. The number of aromatic nitrogens is 6. The van der Waals surface area contributed by atoms with E-state index in [2.05, 4.69) is 43.3 Å². The Labute approximate surface area is 199 Å². The number of hydrogen-bond donors (Lipinski definition) is 2. The number of rotatable bonds is 4. The maximum absolute atomic E-state index is 9.44. The molecule has 0 saturated carbocycles. The molecule has 6 heterocycles. The molecule has 11 nitrogen and oxygen atoms in total. The Morgan fingerprint density at radius 2 is 2.06 bits per heavy atom. The highest BCUT2D eigenvalue weighted by atomic mass is 32.1. The largest absolute Gasteiger partial charge is 0.333 e. The number of anilines is 3. The Morgan fingerprint density at radius 3 is 2.79 bits per heavy atom. The Kier molecular flexibility index (Phi) is 4.57. The van der Waals surface area contributed by atoms with E-state index in [4.69, 9.17) is 15.7 Å². The van der Waals surface area contributed by atoms with E-state index in [9.17, 15) is 5.26 Å². The first-order valence-electron chi connectivity index (χ1n) is 10.9. The second-order valence-electron chi connectivity index (χ2n) is 8.99. The molecule has 4 aromatic rings. The van der Waals surface area contributed by atoms with Crippen LogP contribution in [0.3, 0.4) is 0 Å². The summed E-state index contributed by atoms with van der Waals surface area (Å²) in [6.07, 6.45) is 4.37. The van der Waals surface area contributed by atoms with Gasteiger partial charge in [-0.15, -0.1) is 11.3 Å². The smallest absolute Gasteiger partial charge is 0.227 e. The van der Waals surface area contributed by atoms with Crippen LogP contribution in [-0.4, -0.2) is 66.5 Å². The van der Waals surface area contributed by atoms with Crippen molar-refractivity contribution in [2.45, 2.75) is 25.0 Å². The number of aryl methyl sites for hydroxylation is 2. The Hall–Kier alpha value is -3.66. The summed E-state index contributed by atoms with van der Waals surface area (Å²) in [7, 11) is 3.82. The van der Waals surface area contributed by atoms with Crippen LogP contribution < -0.4 is 16.0 Å². The molecule has 0 radical (unpaired) electrons. The Morgan fingerprint density at radius 1 is 1.21 bits per heavy atom. The molecule has 6 rings (SSSR count). The zero-order valence-electron chi connectivity index (χ0n) is 19.0. The van der Waals surface area contributed by atoms with Gasteiger partial charge in [0.05, 0.1) is 34.2 Å². The van der Waals surface area contributed by atoms with Crippen molar-refractivity contribution in [1.82, 2.24) is 34.6 Å². The Bertz CT molecular complexity index is 1470. The lowest BCUT2D eigenvalue weighted by atomic mass is 10.1. The van der Waals surface area contributed by atoms with E-state index in [1.54, 1.807) is 24.1 Å². The number of likely N-dealkylation sites (N-methyl/N-ethyl adjacent to an activating group) is 1. The summed E-state index contributed by atoms with van der Waals surface area (Å²) < 4.78 is 2.48. The van der Waals surface area contributed by atoms with Crippen LogP contribution in [0.15, 0.2) is 24.5 Å². The van der Waals surface area contributed by atoms with Gasteiger partial charge < -0.3 is 16.0 Å². The van der Waals surface area contributed by atoms with Gasteiger partial charge in [-0.2, -0.15) is 15.3 Å². The van der Waals surface area contributed by atoms with E-state index in [1.165, 1.54) is 11.3 Å². The predicted octanol–water partition coefficient (Wildman–Crippen LogP) is 1.98. The number of fused-ring (bicyclic) bond motifs is 3. The minimum atomic E-state index is -0.319. The van der Waals surface area contributed by atoms with Gasteiger partial charge >= 0.3 is 0 Å². The number of nitriles is 1. The summed E-state index contributed by atoms with van der Waals surface area (Å²) in [5.74, 6) is 2.00. The molecule has 172 valence electrons. The van der Waals surface area contributed by atoms with Crippen molar-refractivity contribution < 1.29 is 0 Å². The average molecular weight is 474 g/mol. The van der Waals surface area contributed by atoms with Crippen LogP contribution in [0, 0.1) is 18.3 Å². The molecule has 12 heteroatoms. The molecule has 2 aliphatic heterocycles. The number of nitrogens with two attached hydrogens (primary N) is 1. The second-order valence-corrected chi connectivity index (χ2v) is 10.0. The summed E-state index contributed by atoms with van der Waals surface area (Å²) in [5, 5.41) is 17.7. The third-order valence-electron chi connectivity index (χ3n) is 6.62. The lowest BCUT2D eigenvalue weighted by Crippen LogP contribution is -2.58. The van der Waals surface area contributed by atoms with Crippen molar-refractivity contribution in [3.05, 3.63) is 35.9 Å². The lowest BCUT2D eigenvalue weighted by Gasteiger charge is -2.37. The first-order valence-corrected chi connectivity index (χ1v) is 11.7. The third-order valence-corrected chi connectivity index (χ3v) is 7.66. The topological polar surface area (TPSA) is 138 Å². The van der Waals surface area contributed by atoms with Crippen LogP contribution in [0.25, 0.3) is 20.8 Å². The zero-order valence-corrected chi connectivity index (χ0v) is 19.8. The van der Waals surface area contributed by atoms with E-state index < -0.39 is 0 Å². The van der Waals surface area contributed by atoms with Gasteiger partial charge in [-0.05, 0) is 14.0 Å². The fourth-order valence-electron chi connectivity index (χ4n) is 4.80. The van der Waals surface area contributed by atoms with Crippen LogP contribution in [0.4, 0.5) is 17.6 Å². The molecule has 2 saturated heterocycles. The monoisotopic (exact) mass is 473 g/mol. The fourth-order valence-corrected chi connectivity index (χ4v) is 5.73. The van der Waals surface area contributed by atoms with Crippen molar-refractivity contribution in [1.29, 1.82) is 5.26 Å². The zero-order chi connectivity index (χ0) is 23.6. The lowest BCUT2D eigenvalue weighted by molar-refractivity contribution is 0.180. The van der Waals surface area contributed by atoms with Crippen LogP contribution in [0.1, 0.15) is 17.8 Å². The van der Waals surface area contributed by atoms with E-state index in [-0.39, 0.29) is 5.66 Å². The molecule has 0 unspecified atom stereocenters. The molecule has 34 heavy (non-hydrogen) atoms.